The maximum absolute atomic E-state index is 11.1. The van der Waals surface area contributed by atoms with Gasteiger partial charge < -0.3 is 14.8 Å². The molecule has 0 unspecified atom stereocenters. The zero-order valence-electron chi connectivity index (χ0n) is 12.2. The quantitative estimate of drug-likeness (QED) is 0.412. The summed E-state index contributed by atoms with van der Waals surface area (Å²) in [6, 6.07) is 5.55. The Bertz CT molecular complexity index is 700. The molecule has 1 amide bonds. The van der Waals surface area contributed by atoms with Crippen molar-refractivity contribution in [1.82, 2.24) is 5.32 Å². The molecule has 1 N–H and O–H groups in total. The van der Waals surface area contributed by atoms with Crippen molar-refractivity contribution in [1.29, 1.82) is 5.26 Å². The van der Waals surface area contributed by atoms with Crippen LogP contribution in [-0.4, -0.2) is 36.3 Å². The van der Waals surface area contributed by atoms with Crippen LogP contribution < -0.4 is 14.8 Å². The minimum atomic E-state index is -0.0730. The van der Waals surface area contributed by atoms with Gasteiger partial charge in [-0.05, 0) is 47.2 Å². The predicted molar refractivity (Wildman–Crippen MR) is 97.1 cm³/mol. The number of halogens is 1. The first-order chi connectivity index (χ1) is 11.1. The Morgan fingerprint density at radius 3 is 3.00 bits per heavy atom. The van der Waals surface area contributed by atoms with E-state index in [0.717, 1.165) is 9.13 Å². The van der Waals surface area contributed by atoms with E-state index in [1.54, 1.807) is 12.3 Å². The highest BCUT2D eigenvalue weighted by molar-refractivity contribution is 14.1. The van der Waals surface area contributed by atoms with Crippen LogP contribution >= 0.6 is 34.4 Å². The molecule has 1 heterocycles. The van der Waals surface area contributed by atoms with Crippen LogP contribution in [-0.2, 0) is 4.79 Å². The Balaban J connectivity index is 2.19. The summed E-state index contributed by atoms with van der Waals surface area (Å²) in [7, 11) is 0. The van der Waals surface area contributed by atoms with E-state index in [0.29, 0.717) is 29.0 Å². The maximum Gasteiger partial charge on any atom is 0.236 e. The molecule has 1 aromatic carbocycles. The molecule has 120 valence electrons. The molecule has 2 rings (SSSR count). The number of nitrogens with zero attached hydrogens (tertiary/aromatic N) is 3. The second kappa shape index (κ2) is 8.73. The number of hydrogen-bond acceptors (Lipinski definition) is 7. The number of hydrogen-bond donors (Lipinski definition) is 1. The van der Waals surface area contributed by atoms with E-state index in [1.165, 1.54) is 11.8 Å². The van der Waals surface area contributed by atoms with Crippen LogP contribution in [0, 0.1) is 14.9 Å². The summed E-state index contributed by atoms with van der Waals surface area (Å²) >= 11 is 3.42. The van der Waals surface area contributed by atoms with Gasteiger partial charge in [0.05, 0.1) is 22.1 Å². The Morgan fingerprint density at radius 1 is 1.52 bits per heavy atom. The van der Waals surface area contributed by atoms with Gasteiger partial charge in [0.15, 0.2) is 23.3 Å². The third kappa shape index (κ3) is 5.11. The lowest BCUT2D eigenvalue weighted by molar-refractivity contribution is -0.116. The molecule has 1 saturated heterocycles. The lowest BCUT2D eigenvalue weighted by atomic mass is 10.2. The molecule has 0 aliphatic carbocycles. The highest BCUT2D eigenvalue weighted by Gasteiger charge is 2.16. The van der Waals surface area contributed by atoms with Crippen molar-refractivity contribution in [3.05, 3.63) is 21.3 Å². The number of rotatable bonds is 6. The van der Waals surface area contributed by atoms with E-state index in [9.17, 15) is 4.79 Å². The first-order valence-corrected chi connectivity index (χ1v) is 8.70. The highest BCUT2D eigenvalue weighted by Crippen LogP contribution is 2.33. The topological polar surface area (TPSA) is 96.1 Å². The Hall–Kier alpha value is -1.80. The fourth-order valence-electron chi connectivity index (χ4n) is 1.70. The van der Waals surface area contributed by atoms with Crippen LogP contribution in [0.25, 0.3) is 0 Å². The van der Waals surface area contributed by atoms with Crippen molar-refractivity contribution in [3.63, 3.8) is 0 Å². The van der Waals surface area contributed by atoms with Gasteiger partial charge in [0.1, 0.15) is 6.07 Å². The van der Waals surface area contributed by atoms with Gasteiger partial charge in [-0.1, -0.05) is 11.8 Å². The van der Waals surface area contributed by atoms with Gasteiger partial charge in [-0.2, -0.15) is 10.4 Å². The highest BCUT2D eigenvalue weighted by atomic mass is 127. The lowest BCUT2D eigenvalue weighted by Gasteiger charge is -2.12. The van der Waals surface area contributed by atoms with E-state index >= 15 is 0 Å². The fraction of sp³-hybridized carbons (Fsp3) is 0.286. The number of amides is 1. The second-order valence-corrected chi connectivity index (χ2v) is 6.32. The monoisotopic (exact) mass is 444 g/mol. The van der Waals surface area contributed by atoms with Gasteiger partial charge in [-0.3, -0.25) is 4.79 Å². The number of carbonyl (C=O) groups excluding carboxylic acids is 1. The third-order valence-corrected chi connectivity index (χ3v) is 4.22. The van der Waals surface area contributed by atoms with Crippen LogP contribution in [0.15, 0.2) is 22.3 Å². The van der Waals surface area contributed by atoms with Gasteiger partial charge in [-0.25, -0.2) is 0 Å². The van der Waals surface area contributed by atoms with E-state index < -0.39 is 0 Å². The molecule has 0 bridgehead atoms. The number of nitriles is 1. The summed E-state index contributed by atoms with van der Waals surface area (Å²) in [6.07, 6.45) is 1.57. The number of nitrogens with one attached hydrogen (secondary N) is 1. The SMILES string of the molecule is CCOc1cc(C=NN=C2NC(=O)CS2)cc(I)c1OCC#N. The predicted octanol–water partition coefficient (Wildman–Crippen LogP) is 2.15. The molecule has 7 nitrogen and oxygen atoms in total. The van der Waals surface area contributed by atoms with Crippen molar-refractivity contribution >= 4 is 51.6 Å². The van der Waals surface area contributed by atoms with Crippen LogP contribution in [0.4, 0.5) is 0 Å². The average molecular weight is 444 g/mol. The number of ether oxygens (including phenoxy) is 2. The number of thioether (sulfide) groups is 1. The molecule has 0 aromatic heterocycles. The summed E-state index contributed by atoms with van der Waals surface area (Å²) in [6.45, 7) is 2.30. The molecule has 0 atom stereocenters. The van der Waals surface area contributed by atoms with Crippen molar-refractivity contribution < 1.29 is 14.3 Å². The first-order valence-electron chi connectivity index (χ1n) is 6.63. The molecule has 23 heavy (non-hydrogen) atoms. The second-order valence-electron chi connectivity index (χ2n) is 4.20. The Labute approximate surface area is 151 Å². The largest absolute Gasteiger partial charge is 0.490 e. The van der Waals surface area contributed by atoms with Gasteiger partial charge in [0, 0.05) is 0 Å². The minimum Gasteiger partial charge on any atom is -0.490 e. The molecule has 1 aliphatic heterocycles. The van der Waals surface area contributed by atoms with E-state index in [-0.39, 0.29) is 12.5 Å². The van der Waals surface area contributed by atoms with Crippen molar-refractivity contribution in [2.45, 2.75) is 6.92 Å². The number of carbonyl (C=O) groups is 1. The zero-order chi connectivity index (χ0) is 16.7. The smallest absolute Gasteiger partial charge is 0.236 e. The first kappa shape index (κ1) is 17.6. The molecule has 9 heteroatoms. The van der Waals surface area contributed by atoms with Gasteiger partial charge in [0.2, 0.25) is 5.91 Å². The average Bonchev–Trinajstić information content (AvgIpc) is 2.92. The summed E-state index contributed by atoms with van der Waals surface area (Å²) < 4.78 is 11.8. The Morgan fingerprint density at radius 2 is 2.35 bits per heavy atom. The van der Waals surface area contributed by atoms with E-state index in [2.05, 4.69) is 38.1 Å². The fourth-order valence-corrected chi connectivity index (χ4v) is 3.11. The molecular formula is C14H13IN4O3S. The van der Waals surface area contributed by atoms with Crippen LogP contribution in [0.3, 0.4) is 0 Å². The molecule has 1 fully saturated rings. The third-order valence-electron chi connectivity index (χ3n) is 2.55. The summed E-state index contributed by atoms with van der Waals surface area (Å²) in [5, 5.41) is 19.6. The van der Waals surface area contributed by atoms with Crippen LogP contribution in [0.1, 0.15) is 12.5 Å². The van der Waals surface area contributed by atoms with E-state index in [4.69, 9.17) is 14.7 Å². The maximum atomic E-state index is 11.1. The summed E-state index contributed by atoms with van der Waals surface area (Å²) in [5.41, 5.74) is 0.779. The van der Waals surface area contributed by atoms with Gasteiger partial charge in [0.25, 0.3) is 0 Å². The molecule has 0 radical (unpaired) electrons. The molecule has 0 saturated carbocycles. The normalized spacial score (nSPS) is 15.7. The lowest BCUT2D eigenvalue weighted by Crippen LogP contribution is -2.19. The number of benzene rings is 1. The zero-order valence-corrected chi connectivity index (χ0v) is 15.2. The molecule has 1 aliphatic rings. The van der Waals surface area contributed by atoms with Crippen molar-refractivity contribution in [2.75, 3.05) is 19.0 Å². The van der Waals surface area contributed by atoms with Crippen LogP contribution in [0.5, 0.6) is 11.5 Å². The standard InChI is InChI=1S/C14H13IN4O3S/c1-2-21-11-6-9(5-10(15)13(11)22-4-3-16)7-17-19-14-18-12(20)8-23-14/h5-7H,2,4,8H2,1H3,(H,18,19,20). The molecule has 1 aromatic rings. The van der Waals surface area contributed by atoms with Gasteiger partial charge >= 0.3 is 0 Å². The summed E-state index contributed by atoms with van der Waals surface area (Å²) in [5.74, 6) is 1.38. The van der Waals surface area contributed by atoms with E-state index in [1.807, 2.05) is 19.1 Å². The van der Waals surface area contributed by atoms with Crippen molar-refractivity contribution in [3.8, 4) is 17.6 Å². The van der Waals surface area contributed by atoms with Crippen molar-refractivity contribution in [2.24, 2.45) is 10.2 Å². The number of amidine groups is 1. The Kier molecular flexibility index (Phi) is 6.66. The summed E-state index contributed by atoms with van der Waals surface area (Å²) in [4.78, 5) is 11.1. The molecule has 0 spiro atoms. The minimum absolute atomic E-state index is 0.0475. The molecular weight excluding hydrogens is 431 g/mol. The van der Waals surface area contributed by atoms with Gasteiger partial charge in [-0.15, -0.1) is 5.10 Å². The van der Waals surface area contributed by atoms with Crippen LogP contribution in [0.2, 0.25) is 0 Å².